The lowest BCUT2D eigenvalue weighted by Gasteiger charge is -2.25. The number of benzene rings is 3. The fourth-order valence-electron chi connectivity index (χ4n) is 4.20. The van der Waals surface area contributed by atoms with Crippen molar-refractivity contribution in [1.82, 2.24) is 14.1 Å². The zero-order valence-corrected chi connectivity index (χ0v) is 23.6. The molecule has 0 spiro atoms. The van der Waals surface area contributed by atoms with Crippen molar-refractivity contribution in [2.75, 3.05) is 13.1 Å². The van der Waals surface area contributed by atoms with E-state index in [-0.39, 0.29) is 15.7 Å². The molecule has 200 valence electrons. The van der Waals surface area contributed by atoms with Crippen molar-refractivity contribution in [3.8, 4) is 5.69 Å². The first-order valence-corrected chi connectivity index (χ1v) is 15.1. The maximum Gasteiger partial charge on any atom is 0.243 e. The minimum atomic E-state index is -3.58. The van der Waals surface area contributed by atoms with Crippen molar-refractivity contribution in [3.63, 3.8) is 0 Å². The van der Waals surface area contributed by atoms with Crippen LogP contribution in [0.1, 0.15) is 47.1 Å². The third kappa shape index (κ3) is 6.09. The number of sulfonamides is 1. The molecule has 0 atom stereocenters. The number of halogens is 1. The topological polar surface area (TPSA) is 97.0 Å². The Labute approximate surface area is 236 Å². The van der Waals surface area contributed by atoms with E-state index in [1.54, 1.807) is 16.8 Å². The Morgan fingerprint density at radius 3 is 2.21 bits per heavy atom. The maximum atomic E-state index is 13.4. The van der Waals surface area contributed by atoms with Gasteiger partial charge in [0.05, 0.1) is 16.3 Å². The summed E-state index contributed by atoms with van der Waals surface area (Å²) in [5.41, 5.74) is 2.62. The van der Waals surface area contributed by atoms with E-state index in [0.717, 1.165) is 41.9 Å². The summed E-state index contributed by atoms with van der Waals surface area (Å²) in [6.07, 6.45) is 2.76. The van der Waals surface area contributed by atoms with Crippen LogP contribution in [-0.2, 0) is 10.0 Å². The molecular weight excluding hydrogens is 554 g/mol. The normalized spacial score (nSPS) is 15.4. The van der Waals surface area contributed by atoms with Gasteiger partial charge < -0.3 is 0 Å². The van der Waals surface area contributed by atoms with Gasteiger partial charge in [0.15, 0.2) is 5.01 Å². The second-order valence-corrected chi connectivity index (χ2v) is 12.4. The van der Waals surface area contributed by atoms with Gasteiger partial charge in [-0.25, -0.2) is 13.1 Å². The molecule has 0 aliphatic carbocycles. The van der Waals surface area contributed by atoms with Crippen LogP contribution >= 0.6 is 22.9 Å². The predicted molar refractivity (Wildman–Crippen MR) is 153 cm³/mol. The Hall–Kier alpha value is -3.44. The Morgan fingerprint density at radius 1 is 0.897 bits per heavy atom. The lowest BCUT2D eigenvalue weighted by Crippen LogP contribution is -2.35. The summed E-state index contributed by atoms with van der Waals surface area (Å²) in [6, 6.07) is 22.7. The van der Waals surface area contributed by atoms with Crippen LogP contribution in [-0.4, -0.2) is 47.1 Å². The van der Waals surface area contributed by atoms with E-state index >= 15 is 0 Å². The number of piperidine rings is 1. The van der Waals surface area contributed by atoms with Gasteiger partial charge in [-0.05, 0) is 73.9 Å². The lowest BCUT2D eigenvalue weighted by atomic mass is 10.1. The molecule has 3 aromatic carbocycles. The molecule has 1 aromatic heterocycles. The summed E-state index contributed by atoms with van der Waals surface area (Å²) in [6.45, 7) is 2.88. The zero-order chi connectivity index (χ0) is 27.4. The molecule has 1 aliphatic heterocycles. The Kier molecular flexibility index (Phi) is 8.18. The van der Waals surface area contributed by atoms with Crippen LogP contribution in [0.2, 0.25) is 5.02 Å². The minimum absolute atomic E-state index is 0.183. The van der Waals surface area contributed by atoms with Gasteiger partial charge in [-0.2, -0.15) is 14.5 Å². The first-order chi connectivity index (χ1) is 18.8. The molecule has 0 bridgehead atoms. The number of carbonyl (C=O) groups excluding carboxylic acids is 1. The monoisotopic (exact) mass is 579 g/mol. The van der Waals surface area contributed by atoms with Crippen molar-refractivity contribution in [1.29, 1.82) is 0 Å². The first-order valence-electron chi connectivity index (χ1n) is 12.5. The number of aromatic nitrogens is 2. The number of rotatable bonds is 7. The quantitative estimate of drug-likeness (QED) is 0.168. The number of hydrogen-bond donors (Lipinski definition) is 0. The SMILES string of the molecule is C/C(=N\N=c1\sc(C(=O)c2ccc(S(=O)(=O)N3CCCCC3)cc2)nn1-c1ccccc1)c1ccc(Cl)cc1. The molecular formula is C28H26ClN5O3S2. The first kappa shape index (κ1) is 27.1. The predicted octanol–water partition coefficient (Wildman–Crippen LogP) is 5.32. The van der Waals surface area contributed by atoms with Gasteiger partial charge >= 0.3 is 0 Å². The Morgan fingerprint density at radius 2 is 1.54 bits per heavy atom. The van der Waals surface area contributed by atoms with E-state index in [2.05, 4.69) is 15.3 Å². The summed E-state index contributed by atoms with van der Waals surface area (Å²) in [7, 11) is -3.58. The summed E-state index contributed by atoms with van der Waals surface area (Å²) in [4.78, 5) is 14.0. The minimum Gasteiger partial charge on any atom is -0.286 e. The van der Waals surface area contributed by atoms with Crippen LogP contribution in [0.4, 0.5) is 0 Å². The molecule has 1 fully saturated rings. The molecule has 0 N–H and O–H groups in total. The summed E-state index contributed by atoms with van der Waals surface area (Å²) in [5, 5.41) is 14.2. The summed E-state index contributed by atoms with van der Waals surface area (Å²) in [5.74, 6) is -0.327. The second kappa shape index (κ2) is 11.7. The number of nitrogens with zero attached hydrogens (tertiary/aromatic N) is 5. The van der Waals surface area contributed by atoms with E-state index in [1.165, 1.54) is 28.6 Å². The Balaban J connectivity index is 1.47. The van der Waals surface area contributed by atoms with Crippen LogP contribution in [0.5, 0.6) is 0 Å². The average molecular weight is 580 g/mol. The number of para-hydroxylation sites is 1. The highest BCUT2D eigenvalue weighted by molar-refractivity contribution is 7.89. The highest BCUT2D eigenvalue weighted by Crippen LogP contribution is 2.22. The molecule has 39 heavy (non-hydrogen) atoms. The number of ketones is 1. The molecule has 0 unspecified atom stereocenters. The smallest absolute Gasteiger partial charge is 0.243 e. The van der Waals surface area contributed by atoms with Crippen molar-refractivity contribution in [2.24, 2.45) is 10.2 Å². The van der Waals surface area contributed by atoms with E-state index < -0.39 is 10.0 Å². The van der Waals surface area contributed by atoms with Gasteiger partial charge in [0.1, 0.15) is 0 Å². The van der Waals surface area contributed by atoms with Crippen LogP contribution in [0, 0.1) is 0 Å². The third-order valence-corrected chi connectivity index (χ3v) is 9.43. The van der Waals surface area contributed by atoms with Gasteiger partial charge in [-0.1, -0.05) is 59.7 Å². The van der Waals surface area contributed by atoms with E-state index in [9.17, 15) is 13.2 Å². The molecule has 4 aromatic rings. The molecule has 1 aliphatic rings. The molecule has 0 amide bonds. The van der Waals surface area contributed by atoms with Crippen LogP contribution in [0.3, 0.4) is 0 Å². The highest BCUT2D eigenvalue weighted by atomic mass is 35.5. The fraction of sp³-hybridized carbons (Fsp3) is 0.214. The van der Waals surface area contributed by atoms with Crippen molar-refractivity contribution >= 4 is 44.5 Å². The molecule has 0 radical (unpaired) electrons. The molecule has 8 nitrogen and oxygen atoms in total. The lowest BCUT2D eigenvalue weighted by molar-refractivity contribution is 0.103. The summed E-state index contributed by atoms with van der Waals surface area (Å²) < 4.78 is 29.1. The largest absolute Gasteiger partial charge is 0.286 e. The summed E-state index contributed by atoms with van der Waals surface area (Å²) >= 11 is 7.10. The van der Waals surface area contributed by atoms with Crippen molar-refractivity contribution in [2.45, 2.75) is 31.1 Å². The van der Waals surface area contributed by atoms with Crippen molar-refractivity contribution in [3.05, 3.63) is 105 Å². The Bertz CT molecular complexity index is 1670. The van der Waals surface area contributed by atoms with Gasteiger partial charge in [0, 0.05) is 23.7 Å². The zero-order valence-electron chi connectivity index (χ0n) is 21.2. The van der Waals surface area contributed by atoms with Gasteiger partial charge in [0.25, 0.3) is 0 Å². The third-order valence-electron chi connectivity index (χ3n) is 6.37. The molecule has 0 saturated carbocycles. The van der Waals surface area contributed by atoms with Gasteiger partial charge in [-0.15, -0.1) is 5.10 Å². The van der Waals surface area contributed by atoms with Crippen LogP contribution in [0.25, 0.3) is 5.69 Å². The van der Waals surface area contributed by atoms with Gasteiger partial charge in [0.2, 0.25) is 20.6 Å². The second-order valence-electron chi connectivity index (χ2n) is 9.05. The molecule has 1 saturated heterocycles. The highest BCUT2D eigenvalue weighted by Gasteiger charge is 2.26. The fourth-order valence-corrected chi connectivity index (χ4v) is 6.66. The standard InChI is InChI=1S/C28H26ClN5O3S2/c1-20(21-10-14-23(29)15-11-21)30-31-28-34(24-8-4-2-5-9-24)32-27(38-28)26(35)22-12-16-25(17-13-22)39(36,37)33-18-6-3-7-19-33/h2,4-5,8-17H,3,6-7,18-19H2,1H3/b30-20+,31-28+. The molecule has 11 heteroatoms. The number of carbonyl (C=O) groups is 1. The number of hydrogen-bond acceptors (Lipinski definition) is 7. The van der Waals surface area contributed by atoms with E-state index in [4.69, 9.17) is 11.6 Å². The van der Waals surface area contributed by atoms with E-state index in [0.29, 0.717) is 34.2 Å². The van der Waals surface area contributed by atoms with Crippen LogP contribution in [0.15, 0.2) is 94.0 Å². The van der Waals surface area contributed by atoms with Crippen molar-refractivity contribution < 1.29 is 13.2 Å². The van der Waals surface area contributed by atoms with E-state index in [1.807, 2.05) is 49.4 Å². The van der Waals surface area contributed by atoms with Crippen LogP contribution < -0.4 is 4.80 Å². The van der Waals surface area contributed by atoms with Gasteiger partial charge in [-0.3, -0.25) is 4.79 Å². The molecule has 5 rings (SSSR count). The average Bonchev–Trinajstić information content (AvgIpc) is 3.41. The molecule has 2 heterocycles. The maximum absolute atomic E-state index is 13.4.